The van der Waals surface area contributed by atoms with Crippen LogP contribution in [0.4, 0.5) is 11.4 Å². The summed E-state index contributed by atoms with van der Waals surface area (Å²) >= 11 is 0. The first-order chi connectivity index (χ1) is 10.8. The van der Waals surface area contributed by atoms with Crippen molar-refractivity contribution < 1.29 is 18.3 Å². The molecule has 0 fully saturated rings. The molecule has 0 saturated carbocycles. The molecule has 0 amide bonds. The van der Waals surface area contributed by atoms with E-state index in [9.17, 15) is 18.3 Å². The summed E-state index contributed by atoms with van der Waals surface area (Å²) < 4.78 is 25.0. The standard InChI is InChI=1S/C16H16N2O4S/c1-11(19)12-6-5-7-13(10-12)17-16(20)14-8-3-4-9-15(14)18-23(2,21)22/h3-10,18H,1-2H3,(H,17,20)/p-1. The normalized spacial score (nSPS) is 12.0. The summed E-state index contributed by atoms with van der Waals surface area (Å²) in [5.41, 5.74) is 1.07. The van der Waals surface area contributed by atoms with Crippen molar-refractivity contribution in [1.29, 1.82) is 0 Å². The highest BCUT2D eigenvalue weighted by molar-refractivity contribution is 7.92. The monoisotopic (exact) mass is 331 g/mol. The van der Waals surface area contributed by atoms with Crippen LogP contribution in [0.3, 0.4) is 0 Å². The second-order valence-corrected chi connectivity index (χ2v) is 6.69. The quantitative estimate of drug-likeness (QED) is 0.512. The summed E-state index contributed by atoms with van der Waals surface area (Å²) in [6.45, 7) is 1.42. The van der Waals surface area contributed by atoms with Crippen LogP contribution in [0.15, 0.2) is 53.5 Å². The average molecular weight is 331 g/mol. The van der Waals surface area contributed by atoms with Gasteiger partial charge in [0.25, 0.3) is 0 Å². The van der Waals surface area contributed by atoms with E-state index in [1.54, 1.807) is 30.3 Å². The minimum absolute atomic E-state index is 0.131. The molecule has 7 heteroatoms. The van der Waals surface area contributed by atoms with Gasteiger partial charge in [-0.2, -0.15) is 0 Å². The number of hydrogen-bond acceptors (Lipinski definition) is 5. The van der Waals surface area contributed by atoms with E-state index in [0.29, 0.717) is 11.3 Å². The smallest absolute Gasteiger partial charge is 0.229 e. The maximum Gasteiger partial charge on any atom is 0.229 e. The van der Waals surface area contributed by atoms with Crippen LogP contribution in [-0.4, -0.2) is 26.4 Å². The van der Waals surface area contributed by atoms with Crippen LogP contribution in [-0.2, 0) is 10.0 Å². The van der Waals surface area contributed by atoms with Gasteiger partial charge in [0.2, 0.25) is 10.0 Å². The van der Waals surface area contributed by atoms with E-state index >= 15 is 0 Å². The van der Waals surface area contributed by atoms with Crippen LogP contribution >= 0.6 is 0 Å². The van der Waals surface area contributed by atoms with Crippen molar-refractivity contribution in [2.45, 2.75) is 6.92 Å². The molecule has 0 heterocycles. The zero-order chi connectivity index (χ0) is 17.0. The highest BCUT2D eigenvalue weighted by Gasteiger charge is 2.07. The Labute approximate surface area is 134 Å². The van der Waals surface area contributed by atoms with Gasteiger partial charge in [-0.1, -0.05) is 30.3 Å². The Morgan fingerprint density at radius 1 is 1.13 bits per heavy atom. The number of hydrogen-bond donors (Lipinski definition) is 1. The topological polar surface area (TPSA) is 98.7 Å². The third kappa shape index (κ3) is 4.65. The molecule has 6 nitrogen and oxygen atoms in total. The first-order valence-electron chi connectivity index (χ1n) is 6.70. The fourth-order valence-electron chi connectivity index (χ4n) is 1.93. The Kier molecular flexibility index (Phi) is 4.80. The minimum atomic E-state index is -3.51. The van der Waals surface area contributed by atoms with Gasteiger partial charge >= 0.3 is 0 Å². The number of anilines is 1. The van der Waals surface area contributed by atoms with Crippen LogP contribution in [0.2, 0.25) is 0 Å². The lowest BCUT2D eigenvalue weighted by Gasteiger charge is -2.16. The van der Waals surface area contributed by atoms with Crippen molar-refractivity contribution in [2.24, 2.45) is 4.99 Å². The second kappa shape index (κ2) is 6.62. The maximum absolute atomic E-state index is 12.3. The van der Waals surface area contributed by atoms with Gasteiger partial charge in [-0.05, 0) is 31.0 Å². The van der Waals surface area contributed by atoms with Gasteiger partial charge in [0, 0.05) is 11.1 Å². The molecule has 120 valence electrons. The highest BCUT2D eigenvalue weighted by atomic mass is 32.2. The number of aliphatic imine (C=N–C) groups is 1. The van der Waals surface area contributed by atoms with Crippen LogP contribution in [0.25, 0.3) is 0 Å². The highest BCUT2D eigenvalue weighted by Crippen LogP contribution is 2.19. The summed E-state index contributed by atoms with van der Waals surface area (Å²) in [6.07, 6.45) is 1.00. The molecule has 23 heavy (non-hydrogen) atoms. The van der Waals surface area contributed by atoms with Crippen molar-refractivity contribution in [3.05, 3.63) is 59.7 Å². The van der Waals surface area contributed by atoms with Crippen molar-refractivity contribution >= 4 is 33.1 Å². The fourth-order valence-corrected chi connectivity index (χ4v) is 2.51. The predicted molar refractivity (Wildman–Crippen MR) is 87.6 cm³/mol. The Morgan fingerprint density at radius 2 is 1.83 bits per heavy atom. The number of nitrogens with zero attached hydrogens (tertiary/aromatic N) is 1. The second-order valence-electron chi connectivity index (χ2n) is 4.94. The number of carbonyl (C=O) groups excluding carboxylic acids is 1. The first kappa shape index (κ1) is 16.7. The molecule has 0 aliphatic rings. The summed E-state index contributed by atoms with van der Waals surface area (Å²) in [5, 5.41) is 12.3. The molecule has 1 N–H and O–H groups in total. The van der Waals surface area contributed by atoms with E-state index < -0.39 is 15.9 Å². The van der Waals surface area contributed by atoms with E-state index in [0.717, 1.165) is 6.26 Å². The van der Waals surface area contributed by atoms with Gasteiger partial charge in [-0.3, -0.25) is 14.5 Å². The van der Waals surface area contributed by atoms with Gasteiger partial charge in [-0.15, -0.1) is 0 Å². The third-order valence-electron chi connectivity index (χ3n) is 2.94. The maximum atomic E-state index is 12.3. The number of ketones is 1. The van der Waals surface area contributed by atoms with E-state index in [1.807, 2.05) is 0 Å². The summed E-state index contributed by atoms with van der Waals surface area (Å²) in [4.78, 5) is 15.3. The van der Waals surface area contributed by atoms with Crippen molar-refractivity contribution in [1.82, 2.24) is 0 Å². The third-order valence-corrected chi connectivity index (χ3v) is 3.53. The fraction of sp³-hybridized carbons (Fsp3) is 0.125. The number of benzene rings is 2. The zero-order valence-corrected chi connectivity index (χ0v) is 13.4. The van der Waals surface area contributed by atoms with Crippen LogP contribution in [0.5, 0.6) is 0 Å². The number of Topliss-reactive ketones (excluding diaryl/α,β-unsaturated/α-hetero) is 1. The van der Waals surface area contributed by atoms with Gasteiger partial charge < -0.3 is 5.11 Å². The van der Waals surface area contributed by atoms with Crippen LogP contribution < -0.4 is 9.83 Å². The van der Waals surface area contributed by atoms with Gasteiger partial charge in [0.15, 0.2) is 5.78 Å². The zero-order valence-electron chi connectivity index (χ0n) is 12.6. The molecule has 0 spiro atoms. The lowest BCUT2D eigenvalue weighted by Crippen LogP contribution is -2.21. The van der Waals surface area contributed by atoms with Crippen molar-refractivity contribution in [2.75, 3.05) is 11.0 Å². The summed E-state index contributed by atoms with van der Waals surface area (Å²) in [6, 6.07) is 12.5. The Bertz CT molecular complexity index is 873. The molecule has 0 radical (unpaired) electrons. The van der Waals surface area contributed by atoms with Crippen LogP contribution in [0, 0.1) is 0 Å². The summed E-state index contributed by atoms with van der Waals surface area (Å²) in [7, 11) is -3.51. The lowest BCUT2D eigenvalue weighted by atomic mass is 10.1. The van der Waals surface area contributed by atoms with E-state index in [1.165, 1.54) is 25.1 Å². The molecule has 0 bridgehead atoms. The van der Waals surface area contributed by atoms with Crippen molar-refractivity contribution in [3.8, 4) is 0 Å². The Hall–Kier alpha value is -2.67. The number of sulfonamides is 1. The molecule has 0 saturated heterocycles. The van der Waals surface area contributed by atoms with E-state index in [4.69, 9.17) is 0 Å². The molecule has 2 rings (SSSR count). The van der Waals surface area contributed by atoms with E-state index in [2.05, 4.69) is 9.71 Å². The summed E-state index contributed by atoms with van der Waals surface area (Å²) in [5.74, 6) is -0.730. The average Bonchev–Trinajstić information content (AvgIpc) is 2.46. The van der Waals surface area contributed by atoms with Gasteiger partial charge in [0.1, 0.15) is 0 Å². The molecule has 0 aromatic heterocycles. The SMILES string of the molecule is CC(=O)c1cccc(N=C([O-])c2ccccc2NS(C)(=O)=O)c1. The molecule has 2 aromatic carbocycles. The number of nitrogens with one attached hydrogen (secondary N) is 1. The lowest BCUT2D eigenvalue weighted by molar-refractivity contribution is -0.212. The molecular weight excluding hydrogens is 316 g/mol. The Morgan fingerprint density at radius 3 is 2.48 bits per heavy atom. The molecule has 2 aromatic rings. The molecule has 0 atom stereocenters. The Balaban J connectivity index is 2.42. The van der Waals surface area contributed by atoms with E-state index in [-0.39, 0.29) is 17.0 Å². The molecule has 0 aliphatic carbocycles. The molecule has 0 aliphatic heterocycles. The minimum Gasteiger partial charge on any atom is -0.858 e. The van der Waals surface area contributed by atoms with Crippen LogP contribution in [0.1, 0.15) is 22.8 Å². The molecule has 0 unspecified atom stereocenters. The molecular formula is C16H15N2O4S-. The van der Waals surface area contributed by atoms with Crippen molar-refractivity contribution in [3.63, 3.8) is 0 Å². The number of para-hydroxylation sites is 1. The first-order valence-corrected chi connectivity index (χ1v) is 8.59. The predicted octanol–water partition coefficient (Wildman–Crippen LogP) is 1.70. The number of rotatable bonds is 5. The number of carbonyl (C=O) groups is 1. The van der Waals surface area contributed by atoms with Gasteiger partial charge in [-0.25, -0.2) is 8.42 Å². The van der Waals surface area contributed by atoms with Gasteiger partial charge in [0.05, 0.1) is 17.6 Å². The largest absolute Gasteiger partial charge is 0.858 e.